The van der Waals surface area contributed by atoms with Crippen molar-refractivity contribution in [2.75, 3.05) is 6.61 Å². The van der Waals surface area contributed by atoms with Gasteiger partial charge in [-0.2, -0.15) is 0 Å². The highest BCUT2D eigenvalue weighted by Gasteiger charge is 2.14. The Labute approximate surface area is 181 Å². The highest BCUT2D eigenvalue weighted by molar-refractivity contribution is 5.91. The third kappa shape index (κ3) is 11.5. The minimum absolute atomic E-state index is 0.0165. The van der Waals surface area contributed by atoms with Gasteiger partial charge in [0.05, 0.1) is 12.2 Å². The second-order valence-electron chi connectivity index (χ2n) is 7.58. The molecule has 0 aliphatic heterocycles. The van der Waals surface area contributed by atoms with Gasteiger partial charge in [0, 0.05) is 0 Å². The molecule has 30 heavy (non-hydrogen) atoms. The van der Waals surface area contributed by atoms with Crippen LogP contribution in [0.5, 0.6) is 17.2 Å². The van der Waals surface area contributed by atoms with Gasteiger partial charge in [0.2, 0.25) is 0 Å². The van der Waals surface area contributed by atoms with E-state index < -0.39 is 23.2 Å². The van der Waals surface area contributed by atoms with Crippen LogP contribution in [0, 0.1) is 0 Å². The Balaban J connectivity index is 1.96. The largest absolute Gasteiger partial charge is 0.504 e. The fraction of sp³-hybridized carbons (Fsp3) is 0.560. The van der Waals surface area contributed by atoms with Crippen LogP contribution in [0.15, 0.2) is 36.4 Å². The van der Waals surface area contributed by atoms with Crippen LogP contribution in [-0.4, -0.2) is 27.9 Å². The molecule has 0 unspecified atom stereocenters. The van der Waals surface area contributed by atoms with E-state index in [-0.39, 0.29) is 5.56 Å². The SMILES string of the molecule is CCCCC/C=C\C/C=C\CCCCCCCCOC(=O)c1cc(O)c(O)c(O)c1. The van der Waals surface area contributed by atoms with Crippen molar-refractivity contribution in [2.24, 2.45) is 0 Å². The quantitative estimate of drug-likeness (QED) is 0.119. The number of hydrogen-bond donors (Lipinski definition) is 3. The number of aromatic hydroxyl groups is 3. The standard InChI is InChI=1S/C25H38O5/c1-2-3-4-5-6-7-8-9-10-11-12-13-14-15-16-17-18-30-25(29)21-19-22(26)24(28)23(27)20-21/h6-7,9-10,19-20,26-28H,2-5,8,11-18H2,1H3/b7-6-,10-9-. The molecule has 0 aliphatic rings. The third-order valence-electron chi connectivity index (χ3n) is 4.88. The number of ether oxygens (including phenoxy) is 1. The number of benzene rings is 1. The van der Waals surface area contributed by atoms with Crippen molar-refractivity contribution in [3.63, 3.8) is 0 Å². The summed E-state index contributed by atoms with van der Waals surface area (Å²) >= 11 is 0. The van der Waals surface area contributed by atoms with E-state index in [0.717, 1.165) is 44.2 Å². The summed E-state index contributed by atoms with van der Waals surface area (Å²) in [6.07, 6.45) is 22.8. The molecular formula is C25H38O5. The summed E-state index contributed by atoms with van der Waals surface area (Å²) in [5, 5.41) is 28.1. The van der Waals surface area contributed by atoms with Gasteiger partial charge in [0.1, 0.15) is 0 Å². The van der Waals surface area contributed by atoms with E-state index in [1.807, 2.05) is 0 Å². The minimum Gasteiger partial charge on any atom is -0.504 e. The first kappa shape index (κ1) is 25.6. The molecule has 1 rings (SSSR count). The number of phenolic OH excluding ortho intramolecular Hbond substituents is 3. The monoisotopic (exact) mass is 418 g/mol. The molecule has 0 atom stereocenters. The normalized spacial score (nSPS) is 11.5. The number of carbonyl (C=O) groups is 1. The molecule has 0 aliphatic carbocycles. The van der Waals surface area contributed by atoms with Gasteiger partial charge in [-0.1, -0.05) is 69.8 Å². The third-order valence-corrected chi connectivity index (χ3v) is 4.88. The van der Waals surface area contributed by atoms with Crippen LogP contribution >= 0.6 is 0 Å². The van der Waals surface area contributed by atoms with Crippen LogP contribution in [-0.2, 0) is 4.74 Å². The van der Waals surface area contributed by atoms with Crippen LogP contribution in [0.4, 0.5) is 0 Å². The van der Waals surface area contributed by atoms with E-state index in [9.17, 15) is 20.1 Å². The molecule has 5 heteroatoms. The zero-order valence-electron chi connectivity index (χ0n) is 18.3. The smallest absolute Gasteiger partial charge is 0.338 e. The molecule has 1 aromatic rings. The molecule has 5 nitrogen and oxygen atoms in total. The van der Waals surface area contributed by atoms with E-state index in [4.69, 9.17) is 4.74 Å². The van der Waals surface area contributed by atoms with E-state index in [1.54, 1.807) is 0 Å². The average Bonchev–Trinajstić information content (AvgIpc) is 2.73. The lowest BCUT2D eigenvalue weighted by atomic mass is 10.1. The van der Waals surface area contributed by atoms with Gasteiger partial charge >= 0.3 is 5.97 Å². The van der Waals surface area contributed by atoms with Gasteiger partial charge in [-0.05, 0) is 50.7 Å². The number of rotatable bonds is 16. The van der Waals surface area contributed by atoms with Crippen molar-refractivity contribution >= 4 is 5.97 Å². The minimum atomic E-state index is -0.642. The predicted octanol–water partition coefficient (Wildman–Crippen LogP) is 6.77. The van der Waals surface area contributed by atoms with Crippen LogP contribution in [0.1, 0.15) is 94.3 Å². The van der Waals surface area contributed by atoms with E-state index >= 15 is 0 Å². The zero-order valence-corrected chi connectivity index (χ0v) is 18.3. The first-order chi connectivity index (χ1) is 14.6. The number of esters is 1. The Morgan fingerprint density at radius 2 is 1.33 bits per heavy atom. The topological polar surface area (TPSA) is 87.0 Å². The van der Waals surface area contributed by atoms with E-state index in [2.05, 4.69) is 31.2 Å². The number of carbonyl (C=O) groups excluding carboxylic acids is 1. The maximum absolute atomic E-state index is 11.9. The summed E-state index contributed by atoms with van der Waals surface area (Å²) in [4.78, 5) is 11.9. The molecule has 0 spiro atoms. The first-order valence-corrected chi connectivity index (χ1v) is 11.3. The number of hydrogen-bond acceptors (Lipinski definition) is 5. The molecule has 3 N–H and O–H groups in total. The van der Waals surface area contributed by atoms with Crippen molar-refractivity contribution in [3.05, 3.63) is 42.0 Å². The lowest BCUT2D eigenvalue weighted by molar-refractivity contribution is 0.0496. The molecule has 0 saturated carbocycles. The second kappa shape index (κ2) is 16.4. The summed E-state index contributed by atoms with van der Waals surface area (Å²) in [5.74, 6) is -2.36. The molecule has 0 bridgehead atoms. The number of phenols is 3. The molecule has 1 aromatic carbocycles. The Bertz CT molecular complexity index is 640. The van der Waals surface area contributed by atoms with Crippen LogP contribution < -0.4 is 0 Å². The van der Waals surface area contributed by atoms with Gasteiger partial charge in [0.15, 0.2) is 17.2 Å². The lowest BCUT2D eigenvalue weighted by Crippen LogP contribution is -2.06. The lowest BCUT2D eigenvalue weighted by Gasteiger charge is -2.07. The fourth-order valence-corrected chi connectivity index (χ4v) is 3.06. The fourth-order valence-electron chi connectivity index (χ4n) is 3.06. The Morgan fingerprint density at radius 1 is 0.800 bits per heavy atom. The van der Waals surface area contributed by atoms with E-state index in [0.29, 0.717) is 6.61 Å². The molecular weight excluding hydrogens is 380 g/mol. The molecule has 0 aromatic heterocycles. The van der Waals surface area contributed by atoms with Crippen LogP contribution in [0.3, 0.4) is 0 Å². The Morgan fingerprint density at radius 3 is 1.93 bits per heavy atom. The van der Waals surface area contributed by atoms with Gasteiger partial charge in [0.25, 0.3) is 0 Å². The molecule has 0 fully saturated rings. The van der Waals surface area contributed by atoms with Gasteiger partial charge in [-0.3, -0.25) is 0 Å². The summed E-state index contributed by atoms with van der Waals surface area (Å²) in [6.45, 7) is 2.53. The summed E-state index contributed by atoms with van der Waals surface area (Å²) in [5.41, 5.74) is 0.0165. The zero-order chi connectivity index (χ0) is 22.0. The first-order valence-electron chi connectivity index (χ1n) is 11.3. The second-order valence-corrected chi connectivity index (χ2v) is 7.58. The Hall–Kier alpha value is -2.43. The maximum atomic E-state index is 11.9. The van der Waals surface area contributed by atoms with Crippen molar-refractivity contribution in [2.45, 2.75) is 84.0 Å². The van der Waals surface area contributed by atoms with Crippen LogP contribution in [0.25, 0.3) is 0 Å². The van der Waals surface area contributed by atoms with Crippen molar-refractivity contribution in [3.8, 4) is 17.2 Å². The highest BCUT2D eigenvalue weighted by atomic mass is 16.5. The molecule has 0 saturated heterocycles. The highest BCUT2D eigenvalue weighted by Crippen LogP contribution is 2.35. The van der Waals surface area contributed by atoms with Crippen LogP contribution in [0.2, 0.25) is 0 Å². The van der Waals surface area contributed by atoms with Crippen molar-refractivity contribution in [1.82, 2.24) is 0 Å². The summed E-state index contributed by atoms with van der Waals surface area (Å²) in [7, 11) is 0. The van der Waals surface area contributed by atoms with Gasteiger partial charge in [-0.15, -0.1) is 0 Å². The number of unbranched alkanes of at least 4 members (excludes halogenated alkanes) is 9. The summed E-state index contributed by atoms with van der Waals surface area (Å²) < 4.78 is 5.14. The predicted molar refractivity (Wildman–Crippen MR) is 121 cm³/mol. The van der Waals surface area contributed by atoms with Gasteiger partial charge < -0.3 is 20.1 Å². The van der Waals surface area contributed by atoms with Crippen molar-refractivity contribution in [1.29, 1.82) is 0 Å². The average molecular weight is 419 g/mol. The maximum Gasteiger partial charge on any atom is 0.338 e. The van der Waals surface area contributed by atoms with E-state index in [1.165, 1.54) is 44.9 Å². The molecule has 0 amide bonds. The Kier molecular flexibility index (Phi) is 14.0. The molecule has 168 valence electrons. The number of allylic oxidation sites excluding steroid dienone is 4. The van der Waals surface area contributed by atoms with Crippen molar-refractivity contribution < 1.29 is 24.9 Å². The van der Waals surface area contributed by atoms with Gasteiger partial charge in [-0.25, -0.2) is 4.79 Å². The molecule has 0 heterocycles. The molecule has 0 radical (unpaired) electrons. The summed E-state index contributed by atoms with van der Waals surface area (Å²) in [6, 6.07) is 2.16.